The summed E-state index contributed by atoms with van der Waals surface area (Å²) in [5.74, 6) is 0. The van der Waals surface area contributed by atoms with Gasteiger partial charge in [-0.15, -0.1) is 0 Å². The Kier molecular flexibility index (Phi) is 4.64. The first kappa shape index (κ1) is 15.5. The van der Waals surface area contributed by atoms with Crippen molar-refractivity contribution in [2.75, 3.05) is 6.54 Å². The van der Waals surface area contributed by atoms with Crippen LogP contribution in [0.3, 0.4) is 0 Å². The molecule has 21 heavy (non-hydrogen) atoms. The predicted octanol–water partition coefficient (Wildman–Crippen LogP) is 2.26. The molecule has 1 unspecified atom stereocenters. The molecule has 2 aromatic rings. The fraction of sp³-hybridized carbons (Fsp3) is 0.357. The van der Waals surface area contributed by atoms with Crippen molar-refractivity contribution in [2.45, 2.75) is 18.8 Å². The van der Waals surface area contributed by atoms with Crippen LogP contribution in [0.5, 0.6) is 0 Å². The van der Waals surface area contributed by atoms with E-state index in [2.05, 4.69) is 10.4 Å². The number of halogens is 3. The Balaban J connectivity index is 1.87. The minimum Gasteiger partial charge on any atom is -0.387 e. The summed E-state index contributed by atoms with van der Waals surface area (Å²) < 4.78 is 39.0. The number of hydrogen-bond donors (Lipinski definition) is 2. The van der Waals surface area contributed by atoms with Gasteiger partial charge in [0.05, 0.1) is 17.4 Å². The molecule has 114 valence electrons. The number of nitrogens with zero attached hydrogens (tertiary/aromatic N) is 2. The van der Waals surface area contributed by atoms with Crippen LogP contribution in [0.15, 0.2) is 36.5 Å². The molecule has 0 fully saturated rings. The van der Waals surface area contributed by atoms with Crippen molar-refractivity contribution < 1.29 is 18.3 Å². The van der Waals surface area contributed by atoms with Gasteiger partial charge in [-0.1, -0.05) is 12.1 Å². The van der Waals surface area contributed by atoms with Gasteiger partial charge in [0, 0.05) is 26.3 Å². The van der Waals surface area contributed by atoms with Crippen LogP contribution in [0.1, 0.15) is 22.9 Å². The van der Waals surface area contributed by atoms with E-state index in [0.717, 1.165) is 17.8 Å². The summed E-state index contributed by atoms with van der Waals surface area (Å²) in [6, 6.07) is 6.36. The summed E-state index contributed by atoms with van der Waals surface area (Å²) in [5, 5.41) is 17.1. The molecule has 1 atom stereocenters. The minimum absolute atomic E-state index is 0.238. The first-order valence-electron chi connectivity index (χ1n) is 6.41. The number of aromatic nitrogens is 2. The first-order chi connectivity index (χ1) is 9.86. The molecule has 1 aromatic carbocycles. The van der Waals surface area contributed by atoms with Gasteiger partial charge in [0.2, 0.25) is 0 Å². The maximum atomic E-state index is 12.4. The van der Waals surface area contributed by atoms with Crippen molar-refractivity contribution in [3.05, 3.63) is 53.3 Å². The van der Waals surface area contributed by atoms with Crippen LogP contribution in [0.2, 0.25) is 0 Å². The van der Waals surface area contributed by atoms with E-state index in [0.29, 0.717) is 12.1 Å². The molecule has 0 bridgehead atoms. The van der Waals surface area contributed by atoms with Crippen LogP contribution >= 0.6 is 0 Å². The summed E-state index contributed by atoms with van der Waals surface area (Å²) in [6.45, 7) is 0.723. The molecule has 2 rings (SSSR count). The number of aryl methyl sites for hydroxylation is 1. The molecule has 0 spiro atoms. The lowest BCUT2D eigenvalue weighted by atomic mass is 10.1. The quantitative estimate of drug-likeness (QED) is 0.890. The van der Waals surface area contributed by atoms with Crippen molar-refractivity contribution >= 4 is 0 Å². The van der Waals surface area contributed by atoms with Gasteiger partial charge in [0.15, 0.2) is 0 Å². The van der Waals surface area contributed by atoms with E-state index in [1.165, 1.54) is 12.1 Å². The molecular formula is C14H16F3N3O. The molecule has 4 nitrogen and oxygen atoms in total. The Morgan fingerprint density at radius 3 is 2.43 bits per heavy atom. The fourth-order valence-electron chi connectivity index (χ4n) is 1.91. The number of aliphatic hydroxyl groups excluding tert-OH is 1. The zero-order valence-corrected chi connectivity index (χ0v) is 11.4. The molecule has 2 N–H and O–H groups in total. The monoisotopic (exact) mass is 299 g/mol. The maximum Gasteiger partial charge on any atom is 0.416 e. The average Bonchev–Trinajstić information content (AvgIpc) is 2.83. The number of hydrogen-bond acceptors (Lipinski definition) is 3. The SMILES string of the molecule is Cn1ccc(CNCC(O)c2ccc(C(F)(F)F)cc2)n1. The van der Waals surface area contributed by atoms with Crippen LogP contribution in [0.4, 0.5) is 13.2 Å². The normalized spacial score (nSPS) is 13.4. The Bertz CT molecular complexity index is 578. The van der Waals surface area contributed by atoms with Crippen molar-refractivity contribution in [1.82, 2.24) is 15.1 Å². The second kappa shape index (κ2) is 6.28. The molecule has 1 heterocycles. The molecule has 0 aliphatic rings. The third-order valence-electron chi connectivity index (χ3n) is 3.04. The van der Waals surface area contributed by atoms with Crippen LogP contribution in [-0.4, -0.2) is 21.4 Å². The molecule has 1 aromatic heterocycles. The van der Waals surface area contributed by atoms with E-state index in [4.69, 9.17) is 0 Å². The van der Waals surface area contributed by atoms with Gasteiger partial charge < -0.3 is 10.4 Å². The second-order valence-corrected chi connectivity index (χ2v) is 4.75. The maximum absolute atomic E-state index is 12.4. The van der Waals surface area contributed by atoms with Crippen LogP contribution < -0.4 is 5.32 Å². The Labute approximate surface area is 120 Å². The Hall–Kier alpha value is -1.86. The van der Waals surface area contributed by atoms with E-state index >= 15 is 0 Å². The third kappa shape index (κ3) is 4.30. The van der Waals surface area contributed by atoms with Gasteiger partial charge in [-0.25, -0.2) is 0 Å². The average molecular weight is 299 g/mol. The van der Waals surface area contributed by atoms with Crippen LogP contribution in [0, 0.1) is 0 Å². The van der Waals surface area contributed by atoms with Gasteiger partial charge in [-0.2, -0.15) is 18.3 Å². The number of aliphatic hydroxyl groups is 1. The van der Waals surface area contributed by atoms with Gasteiger partial charge >= 0.3 is 6.18 Å². The molecule has 7 heteroatoms. The minimum atomic E-state index is -4.36. The van der Waals surface area contributed by atoms with Gasteiger partial charge in [-0.05, 0) is 23.8 Å². The highest BCUT2D eigenvalue weighted by molar-refractivity contribution is 5.26. The highest BCUT2D eigenvalue weighted by Gasteiger charge is 2.30. The number of alkyl halides is 3. The largest absolute Gasteiger partial charge is 0.416 e. The first-order valence-corrected chi connectivity index (χ1v) is 6.41. The van der Waals surface area contributed by atoms with E-state index in [1.54, 1.807) is 11.7 Å². The standard InChI is InChI=1S/C14H16F3N3O/c1-20-7-6-12(19-20)8-18-9-13(21)10-2-4-11(5-3-10)14(15,16)17/h2-7,13,18,21H,8-9H2,1H3. The zero-order chi connectivity index (χ0) is 15.5. The molecular weight excluding hydrogens is 283 g/mol. The predicted molar refractivity (Wildman–Crippen MR) is 71.3 cm³/mol. The lowest BCUT2D eigenvalue weighted by molar-refractivity contribution is -0.137. The lowest BCUT2D eigenvalue weighted by Crippen LogP contribution is -2.21. The molecule has 0 aliphatic carbocycles. The van der Waals surface area contributed by atoms with E-state index < -0.39 is 17.8 Å². The molecule has 0 saturated heterocycles. The van der Waals surface area contributed by atoms with Gasteiger partial charge in [-0.3, -0.25) is 4.68 Å². The van der Waals surface area contributed by atoms with Crippen LogP contribution in [0.25, 0.3) is 0 Å². The summed E-state index contributed by atoms with van der Waals surface area (Å²) >= 11 is 0. The van der Waals surface area contributed by atoms with E-state index in [-0.39, 0.29) is 6.54 Å². The van der Waals surface area contributed by atoms with Crippen LogP contribution in [-0.2, 0) is 19.8 Å². The van der Waals surface area contributed by atoms with Crippen molar-refractivity contribution in [3.63, 3.8) is 0 Å². The topological polar surface area (TPSA) is 50.1 Å². The Morgan fingerprint density at radius 2 is 1.90 bits per heavy atom. The lowest BCUT2D eigenvalue weighted by Gasteiger charge is -2.13. The highest BCUT2D eigenvalue weighted by atomic mass is 19.4. The molecule has 0 amide bonds. The number of nitrogens with one attached hydrogen (secondary N) is 1. The van der Waals surface area contributed by atoms with Gasteiger partial charge in [0.25, 0.3) is 0 Å². The molecule has 0 radical (unpaired) electrons. The van der Waals surface area contributed by atoms with E-state index in [1.807, 2.05) is 12.3 Å². The summed E-state index contributed by atoms with van der Waals surface area (Å²) in [6.07, 6.45) is -3.42. The summed E-state index contributed by atoms with van der Waals surface area (Å²) in [7, 11) is 1.81. The van der Waals surface area contributed by atoms with Crippen molar-refractivity contribution in [3.8, 4) is 0 Å². The number of benzene rings is 1. The van der Waals surface area contributed by atoms with E-state index in [9.17, 15) is 18.3 Å². The summed E-state index contributed by atoms with van der Waals surface area (Å²) in [5.41, 5.74) is 0.550. The highest BCUT2D eigenvalue weighted by Crippen LogP contribution is 2.29. The Morgan fingerprint density at radius 1 is 1.24 bits per heavy atom. The van der Waals surface area contributed by atoms with Crippen molar-refractivity contribution in [1.29, 1.82) is 0 Å². The zero-order valence-electron chi connectivity index (χ0n) is 11.4. The second-order valence-electron chi connectivity index (χ2n) is 4.75. The number of rotatable bonds is 5. The fourth-order valence-corrected chi connectivity index (χ4v) is 1.91. The molecule has 0 saturated carbocycles. The summed E-state index contributed by atoms with van der Waals surface area (Å²) in [4.78, 5) is 0. The smallest absolute Gasteiger partial charge is 0.387 e. The van der Waals surface area contributed by atoms with Crippen molar-refractivity contribution in [2.24, 2.45) is 7.05 Å². The molecule has 0 aliphatic heterocycles. The third-order valence-corrected chi connectivity index (χ3v) is 3.04. The van der Waals surface area contributed by atoms with Gasteiger partial charge in [0.1, 0.15) is 0 Å².